The van der Waals surface area contributed by atoms with Crippen LogP contribution in [0.2, 0.25) is 5.02 Å². The molecule has 3 aromatic rings. The molecule has 8 nitrogen and oxygen atoms in total. The average molecular weight is 498 g/mol. The lowest BCUT2D eigenvalue weighted by Gasteiger charge is -2.19. The minimum Gasteiger partial charge on any atom is -0.487 e. The van der Waals surface area contributed by atoms with Crippen LogP contribution in [0, 0.1) is 6.92 Å². The van der Waals surface area contributed by atoms with Gasteiger partial charge in [0.1, 0.15) is 12.6 Å². The number of anilines is 1. The third kappa shape index (κ3) is 4.62. The number of aromatic nitrogens is 3. The Bertz CT molecular complexity index is 1250. The molecule has 0 saturated carbocycles. The smallest absolute Gasteiger partial charge is 0.417 e. The predicted molar refractivity (Wildman–Crippen MR) is 114 cm³/mol. The van der Waals surface area contributed by atoms with E-state index in [4.69, 9.17) is 16.3 Å². The molecule has 172 valence electrons. The Labute approximate surface area is 194 Å². The summed E-state index contributed by atoms with van der Waals surface area (Å²) in [6, 6.07) is 1.39. The van der Waals surface area contributed by atoms with E-state index in [2.05, 4.69) is 20.3 Å². The van der Waals surface area contributed by atoms with Crippen molar-refractivity contribution in [2.75, 3.05) is 18.6 Å². The van der Waals surface area contributed by atoms with Crippen molar-refractivity contribution < 1.29 is 27.5 Å². The normalized spacial score (nSPS) is 16.1. The number of aryl methyl sites for hydroxylation is 1. The summed E-state index contributed by atoms with van der Waals surface area (Å²) in [5, 5.41) is 3.81. The van der Waals surface area contributed by atoms with Gasteiger partial charge in [-0.05, 0) is 18.6 Å². The van der Waals surface area contributed by atoms with Crippen molar-refractivity contribution in [3.8, 4) is 16.3 Å². The first kappa shape index (κ1) is 22.9. The highest BCUT2D eigenvalue weighted by Crippen LogP contribution is 2.37. The number of likely N-dealkylation sites (N-methyl/N-ethyl adjacent to an activating group) is 1. The second-order valence-corrected chi connectivity index (χ2v) is 8.48. The van der Waals surface area contributed by atoms with Crippen molar-refractivity contribution in [1.29, 1.82) is 0 Å². The third-order valence-electron chi connectivity index (χ3n) is 4.79. The van der Waals surface area contributed by atoms with Gasteiger partial charge < -0.3 is 10.1 Å². The van der Waals surface area contributed by atoms with E-state index < -0.39 is 29.6 Å². The van der Waals surface area contributed by atoms with Gasteiger partial charge in [0, 0.05) is 30.9 Å². The molecule has 1 N–H and O–H groups in total. The number of ether oxygens (including phenoxy) is 1. The number of nitrogens with one attached hydrogen (secondary N) is 1. The molecule has 0 saturated heterocycles. The van der Waals surface area contributed by atoms with E-state index in [1.807, 2.05) is 0 Å². The highest BCUT2D eigenvalue weighted by molar-refractivity contribution is 7.13. The Morgan fingerprint density at radius 3 is 2.76 bits per heavy atom. The number of rotatable bonds is 3. The number of alkyl halides is 3. The molecule has 4 heterocycles. The first-order valence-electron chi connectivity index (χ1n) is 9.41. The molecule has 0 aromatic carbocycles. The quantitative estimate of drug-likeness (QED) is 0.592. The van der Waals surface area contributed by atoms with Crippen molar-refractivity contribution in [3.63, 3.8) is 0 Å². The lowest BCUT2D eigenvalue weighted by Crippen LogP contribution is -2.49. The van der Waals surface area contributed by atoms with Crippen molar-refractivity contribution in [2.24, 2.45) is 0 Å². The van der Waals surface area contributed by atoms with Crippen molar-refractivity contribution >= 4 is 40.6 Å². The van der Waals surface area contributed by atoms with E-state index in [1.165, 1.54) is 30.4 Å². The van der Waals surface area contributed by atoms with Gasteiger partial charge in [0.25, 0.3) is 11.8 Å². The number of pyridine rings is 1. The van der Waals surface area contributed by atoms with Gasteiger partial charge in [-0.15, -0.1) is 11.3 Å². The van der Waals surface area contributed by atoms with Crippen LogP contribution in [0.5, 0.6) is 5.75 Å². The number of carbonyl (C=O) groups is 2. The SMILES string of the molecule is Cc1cnc(C(=O)NC2COc3cc(Cl)cnc3N(C)C2=O)nc1-c1cc(C(F)(F)F)cs1. The summed E-state index contributed by atoms with van der Waals surface area (Å²) < 4.78 is 44.5. The number of amides is 2. The summed E-state index contributed by atoms with van der Waals surface area (Å²) in [4.78, 5) is 39.3. The molecule has 0 radical (unpaired) electrons. The molecule has 0 bridgehead atoms. The topological polar surface area (TPSA) is 97.3 Å². The fourth-order valence-electron chi connectivity index (χ4n) is 3.09. The molecule has 1 atom stereocenters. The monoisotopic (exact) mass is 497 g/mol. The van der Waals surface area contributed by atoms with Crippen molar-refractivity contribution in [2.45, 2.75) is 19.1 Å². The maximum Gasteiger partial charge on any atom is 0.417 e. The largest absolute Gasteiger partial charge is 0.487 e. The summed E-state index contributed by atoms with van der Waals surface area (Å²) >= 11 is 6.78. The fourth-order valence-corrected chi connectivity index (χ4v) is 4.21. The Hall–Kier alpha value is -3.25. The number of hydrogen-bond donors (Lipinski definition) is 1. The Kier molecular flexibility index (Phi) is 5.97. The number of hydrogen-bond acceptors (Lipinski definition) is 7. The Morgan fingerprint density at radius 2 is 2.06 bits per heavy atom. The summed E-state index contributed by atoms with van der Waals surface area (Å²) in [6.45, 7) is 1.43. The van der Waals surface area contributed by atoms with E-state index in [-0.39, 0.29) is 34.6 Å². The molecule has 13 heteroatoms. The zero-order chi connectivity index (χ0) is 23.9. The molecular formula is C20H15ClF3N5O3S. The predicted octanol–water partition coefficient (Wildman–Crippen LogP) is 3.73. The number of fused-ring (bicyclic) bond motifs is 1. The molecule has 2 amide bonds. The van der Waals surface area contributed by atoms with E-state index >= 15 is 0 Å². The molecule has 1 aliphatic heterocycles. The molecule has 0 aliphatic carbocycles. The molecular weight excluding hydrogens is 483 g/mol. The van der Waals surface area contributed by atoms with Crippen LogP contribution in [0.15, 0.2) is 29.9 Å². The van der Waals surface area contributed by atoms with Gasteiger partial charge in [-0.2, -0.15) is 13.2 Å². The van der Waals surface area contributed by atoms with Gasteiger partial charge in [0.15, 0.2) is 11.6 Å². The van der Waals surface area contributed by atoms with E-state index in [0.29, 0.717) is 10.6 Å². The maximum atomic E-state index is 13.0. The zero-order valence-electron chi connectivity index (χ0n) is 17.1. The highest BCUT2D eigenvalue weighted by Gasteiger charge is 2.33. The van der Waals surface area contributed by atoms with Crippen molar-refractivity contribution in [1.82, 2.24) is 20.3 Å². The molecule has 1 unspecified atom stereocenters. The van der Waals surface area contributed by atoms with Crippen LogP contribution in [-0.2, 0) is 11.0 Å². The highest BCUT2D eigenvalue weighted by atomic mass is 35.5. The van der Waals surface area contributed by atoms with Gasteiger partial charge in [-0.1, -0.05) is 11.6 Å². The van der Waals surface area contributed by atoms with Crippen LogP contribution in [0.1, 0.15) is 21.7 Å². The number of halogens is 4. The van der Waals surface area contributed by atoms with Crippen LogP contribution < -0.4 is 15.0 Å². The summed E-state index contributed by atoms with van der Waals surface area (Å²) in [7, 11) is 1.48. The lowest BCUT2D eigenvalue weighted by molar-refractivity contribution is -0.137. The number of carbonyl (C=O) groups excluding carboxylic acids is 2. The molecule has 4 rings (SSSR count). The summed E-state index contributed by atoms with van der Waals surface area (Å²) in [5.74, 6) is -1.04. The standard InChI is InChI=1S/C20H15ClF3N5O3S/c1-9-5-25-16(28-15(9)14-3-10(8-33-14)20(22,23)24)18(30)27-12-7-32-13-4-11(21)6-26-17(13)29(2)19(12)31/h3-6,8,12H,7H2,1-2H3,(H,27,30). The molecule has 0 fully saturated rings. The van der Waals surface area contributed by atoms with Gasteiger partial charge in [0.2, 0.25) is 5.82 Å². The molecule has 0 spiro atoms. The molecule has 1 aliphatic rings. The number of nitrogens with zero attached hydrogens (tertiary/aromatic N) is 4. The minimum absolute atomic E-state index is 0.192. The van der Waals surface area contributed by atoms with Crippen LogP contribution in [-0.4, -0.2) is 46.5 Å². The van der Waals surface area contributed by atoms with E-state index in [0.717, 1.165) is 22.8 Å². The number of thiophene rings is 1. The van der Waals surface area contributed by atoms with Crippen LogP contribution in [0.3, 0.4) is 0 Å². The van der Waals surface area contributed by atoms with Crippen LogP contribution in [0.4, 0.5) is 19.0 Å². The maximum absolute atomic E-state index is 13.0. The first-order chi connectivity index (χ1) is 15.5. The van der Waals surface area contributed by atoms with Gasteiger partial charge >= 0.3 is 6.18 Å². The van der Waals surface area contributed by atoms with E-state index in [9.17, 15) is 22.8 Å². The summed E-state index contributed by atoms with van der Waals surface area (Å²) in [5.41, 5.74) is -0.111. The van der Waals surface area contributed by atoms with Gasteiger partial charge in [-0.25, -0.2) is 15.0 Å². The fraction of sp³-hybridized carbons (Fsp3) is 0.250. The van der Waals surface area contributed by atoms with Crippen LogP contribution >= 0.6 is 22.9 Å². The third-order valence-corrected chi connectivity index (χ3v) is 5.94. The second kappa shape index (κ2) is 8.60. The lowest BCUT2D eigenvalue weighted by atomic mass is 10.2. The second-order valence-electron chi connectivity index (χ2n) is 7.13. The Balaban J connectivity index is 1.56. The van der Waals surface area contributed by atoms with Crippen LogP contribution in [0.25, 0.3) is 10.6 Å². The molecule has 3 aromatic heterocycles. The summed E-state index contributed by atoms with van der Waals surface area (Å²) in [6.07, 6.45) is -1.79. The molecule has 33 heavy (non-hydrogen) atoms. The van der Waals surface area contributed by atoms with Crippen molar-refractivity contribution in [3.05, 3.63) is 51.9 Å². The van der Waals surface area contributed by atoms with E-state index in [1.54, 1.807) is 6.92 Å². The van der Waals surface area contributed by atoms with Gasteiger partial charge in [0.05, 0.1) is 21.2 Å². The van der Waals surface area contributed by atoms with Gasteiger partial charge in [-0.3, -0.25) is 14.5 Å². The Morgan fingerprint density at radius 1 is 1.30 bits per heavy atom. The zero-order valence-corrected chi connectivity index (χ0v) is 18.7. The first-order valence-corrected chi connectivity index (χ1v) is 10.7. The minimum atomic E-state index is -4.49. The average Bonchev–Trinajstić information content (AvgIpc) is 3.23.